The molecule has 2 bridgehead atoms. The Labute approximate surface area is 179 Å². The lowest BCUT2D eigenvalue weighted by atomic mass is 9.37. The molecule has 0 unspecified atom stereocenters. The smallest absolute Gasteiger partial charge is 0.250 e. The molecule has 5 aliphatic carbocycles. The summed E-state index contributed by atoms with van der Waals surface area (Å²) in [6.45, 7) is 23.4. The molecule has 1 spiro atoms. The molecule has 0 radical (unpaired) electrons. The zero-order valence-electron chi connectivity index (χ0n) is 20.1. The predicted molar refractivity (Wildman–Crippen MR) is 123 cm³/mol. The third-order valence-electron chi connectivity index (χ3n) is 10.2. The van der Waals surface area contributed by atoms with Gasteiger partial charge in [0.1, 0.15) is 5.78 Å². The average molecular weight is 415 g/mol. The molecule has 0 N–H and O–H groups in total. The maximum atomic E-state index is 13.2. The monoisotopic (exact) mass is 414 g/mol. The van der Waals surface area contributed by atoms with Crippen LogP contribution in [0.4, 0.5) is 0 Å². The summed E-state index contributed by atoms with van der Waals surface area (Å²) in [6, 6.07) is 0. The summed E-state index contributed by atoms with van der Waals surface area (Å²) in [4.78, 5) is 13.2. The first-order valence-electron chi connectivity index (χ1n) is 11.8. The quantitative estimate of drug-likeness (QED) is 0.350. The van der Waals surface area contributed by atoms with Gasteiger partial charge < -0.3 is 4.43 Å². The van der Waals surface area contributed by atoms with Crippen LogP contribution in [-0.4, -0.2) is 14.1 Å². The van der Waals surface area contributed by atoms with Crippen LogP contribution < -0.4 is 0 Å². The number of fused-ring (bicyclic) bond motifs is 3. The van der Waals surface area contributed by atoms with Crippen molar-refractivity contribution in [3.05, 3.63) is 24.0 Å². The number of ketones is 1. The van der Waals surface area contributed by atoms with E-state index in [9.17, 15) is 4.79 Å². The third kappa shape index (κ3) is 2.82. The van der Waals surface area contributed by atoms with Gasteiger partial charge in [-0.05, 0) is 79.5 Å². The minimum absolute atomic E-state index is 0.0286. The summed E-state index contributed by atoms with van der Waals surface area (Å²) < 4.78 is 6.91. The topological polar surface area (TPSA) is 26.3 Å². The van der Waals surface area contributed by atoms with E-state index in [1.54, 1.807) is 0 Å². The van der Waals surface area contributed by atoms with Gasteiger partial charge in [0.05, 0.1) is 5.76 Å². The molecule has 4 fully saturated rings. The Morgan fingerprint density at radius 3 is 2.45 bits per heavy atom. The van der Waals surface area contributed by atoms with Gasteiger partial charge in [-0.2, -0.15) is 0 Å². The second-order valence-corrected chi connectivity index (χ2v) is 17.8. The van der Waals surface area contributed by atoms with Crippen molar-refractivity contribution in [1.82, 2.24) is 0 Å². The first kappa shape index (κ1) is 21.4. The number of Topliss-reactive ketones (excluding diaryl/α,β-unsaturated/α-hetero) is 1. The van der Waals surface area contributed by atoms with E-state index in [1.807, 2.05) is 0 Å². The molecule has 5 rings (SSSR count). The van der Waals surface area contributed by atoms with Gasteiger partial charge in [0.25, 0.3) is 0 Å². The Morgan fingerprint density at radius 1 is 1.17 bits per heavy atom. The van der Waals surface area contributed by atoms with Gasteiger partial charge in [-0.3, -0.25) is 4.79 Å². The van der Waals surface area contributed by atoms with Crippen molar-refractivity contribution in [1.29, 1.82) is 0 Å². The number of hydrogen-bond acceptors (Lipinski definition) is 2. The van der Waals surface area contributed by atoms with Crippen LogP contribution in [0.3, 0.4) is 0 Å². The minimum atomic E-state index is -1.87. The van der Waals surface area contributed by atoms with Crippen molar-refractivity contribution in [3.63, 3.8) is 0 Å². The zero-order valence-corrected chi connectivity index (χ0v) is 21.1. The molecule has 0 aromatic heterocycles. The highest BCUT2D eigenvalue weighted by atomic mass is 28.4. The molecular weight excluding hydrogens is 372 g/mol. The lowest BCUT2D eigenvalue weighted by molar-refractivity contribution is -0.171. The van der Waals surface area contributed by atoms with Crippen LogP contribution in [0.15, 0.2) is 24.0 Å². The fraction of sp³-hybridized carbons (Fsp3) is 0.808. The van der Waals surface area contributed by atoms with E-state index in [4.69, 9.17) is 4.43 Å². The van der Waals surface area contributed by atoms with Crippen LogP contribution >= 0.6 is 0 Å². The molecular formula is C26H42O2Si. The number of rotatable bonds is 2. The van der Waals surface area contributed by atoms with Crippen molar-refractivity contribution < 1.29 is 9.22 Å². The summed E-state index contributed by atoms with van der Waals surface area (Å²) in [5, 5.41) is 0.205. The van der Waals surface area contributed by atoms with Crippen molar-refractivity contribution >= 4 is 14.1 Å². The van der Waals surface area contributed by atoms with Crippen LogP contribution in [0.25, 0.3) is 0 Å². The Balaban J connectivity index is 1.71. The molecule has 5 atom stereocenters. The molecule has 29 heavy (non-hydrogen) atoms. The molecule has 3 heteroatoms. The van der Waals surface area contributed by atoms with E-state index in [0.717, 1.165) is 32.1 Å². The summed E-state index contributed by atoms with van der Waals surface area (Å²) in [6.07, 6.45) is 8.58. The number of carbonyl (C=O) groups is 1. The van der Waals surface area contributed by atoms with Crippen LogP contribution in [-0.2, 0) is 9.22 Å². The maximum Gasteiger partial charge on any atom is 0.250 e. The fourth-order valence-electron chi connectivity index (χ4n) is 7.39. The summed E-state index contributed by atoms with van der Waals surface area (Å²) >= 11 is 0. The van der Waals surface area contributed by atoms with Crippen LogP contribution in [0.1, 0.15) is 80.1 Å². The summed E-state index contributed by atoms with van der Waals surface area (Å²) in [7, 11) is -1.87. The largest absolute Gasteiger partial charge is 0.546 e. The highest BCUT2D eigenvalue weighted by Crippen LogP contribution is 2.71. The van der Waals surface area contributed by atoms with E-state index in [-0.39, 0.29) is 21.3 Å². The molecule has 0 aromatic carbocycles. The average Bonchev–Trinajstić information content (AvgIpc) is 2.57. The molecule has 162 valence electrons. The SMILES string of the molecule is C=C1C[C@]23CC[C@H]4C(C)(C)C(O[Si](C)(C)C(C)(C)C)=CC[C@]4(C)[C@H]2C[C@H]1CC3=O. The van der Waals surface area contributed by atoms with Gasteiger partial charge >= 0.3 is 0 Å². The zero-order chi connectivity index (χ0) is 21.6. The maximum absolute atomic E-state index is 13.2. The van der Waals surface area contributed by atoms with Crippen LogP contribution in [0.2, 0.25) is 18.1 Å². The third-order valence-corrected chi connectivity index (χ3v) is 14.5. The minimum Gasteiger partial charge on any atom is -0.546 e. The van der Waals surface area contributed by atoms with Gasteiger partial charge in [-0.25, -0.2) is 0 Å². The molecule has 2 nitrogen and oxygen atoms in total. The van der Waals surface area contributed by atoms with Crippen molar-refractivity contribution in [3.8, 4) is 0 Å². The molecule has 0 aromatic rings. The van der Waals surface area contributed by atoms with E-state index < -0.39 is 8.32 Å². The van der Waals surface area contributed by atoms with Crippen molar-refractivity contribution in [2.45, 2.75) is 98.2 Å². The first-order valence-corrected chi connectivity index (χ1v) is 14.7. The van der Waals surface area contributed by atoms with Gasteiger partial charge in [-0.15, -0.1) is 0 Å². The second kappa shape index (κ2) is 6.11. The fourth-order valence-corrected chi connectivity index (χ4v) is 8.59. The predicted octanol–water partition coefficient (Wildman–Crippen LogP) is 7.28. The van der Waals surface area contributed by atoms with E-state index in [1.165, 1.54) is 17.8 Å². The standard InChI is InChI=1S/C26H42O2Si/c1-17-16-26-13-10-19-24(5,6)22(28-29(8,9)23(2,3)4)11-12-25(19,7)20(26)14-18(17)15-21(26)27/h11,18-20H,1,10,12-16H2,2-9H3/t18-,19-,20+,25-,26+/m0/s1. The molecule has 0 amide bonds. The Morgan fingerprint density at radius 2 is 1.83 bits per heavy atom. The van der Waals surface area contributed by atoms with Crippen LogP contribution in [0, 0.1) is 34.0 Å². The van der Waals surface area contributed by atoms with E-state index >= 15 is 0 Å². The lowest BCUT2D eigenvalue weighted by Crippen LogP contribution is -2.62. The summed E-state index contributed by atoms with van der Waals surface area (Å²) in [5.74, 6) is 3.31. The Bertz CT molecular complexity index is 783. The Kier molecular flexibility index (Phi) is 4.51. The highest BCUT2D eigenvalue weighted by Gasteiger charge is 2.66. The molecule has 4 saturated carbocycles. The number of allylic oxidation sites excluding steroid dienone is 3. The van der Waals surface area contributed by atoms with Gasteiger partial charge in [0.2, 0.25) is 8.32 Å². The molecule has 0 saturated heterocycles. The van der Waals surface area contributed by atoms with Gasteiger partial charge in [0.15, 0.2) is 0 Å². The van der Waals surface area contributed by atoms with Gasteiger partial charge in [0, 0.05) is 17.3 Å². The Hall–Kier alpha value is -0.833. The number of hydrogen-bond donors (Lipinski definition) is 0. The van der Waals surface area contributed by atoms with Crippen molar-refractivity contribution in [2.75, 3.05) is 0 Å². The molecule has 0 heterocycles. The first-order chi connectivity index (χ1) is 13.2. The molecule has 0 aliphatic heterocycles. The van der Waals surface area contributed by atoms with E-state index in [2.05, 4.69) is 67.3 Å². The number of carbonyl (C=O) groups excluding carboxylic acids is 1. The van der Waals surface area contributed by atoms with Crippen molar-refractivity contribution in [2.24, 2.45) is 34.0 Å². The second-order valence-electron chi connectivity index (χ2n) is 13.1. The molecule has 5 aliphatic rings. The summed E-state index contributed by atoms with van der Waals surface area (Å²) in [5.41, 5.74) is 1.46. The highest BCUT2D eigenvalue weighted by molar-refractivity contribution is 6.74. The van der Waals surface area contributed by atoms with Gasteiger partial charge in [-0.1, -0.05) is 53.7 Å². The normalized spacial score (nSPS) is 41.5. The lowest BCUT2D eigenvalue weighted by Gasteiger charge is -2.66. The van der Waals surface area contributed by atoms with E-state index in [0.29, 0.717) is 23.5 Å². The van der Waals surface area contributed by atoms with Crippen LogP contribution in [0.5, 0.6) is 0 Å².